The van der Waals surface area contributed by atoms with E-state index in [2.05, 4.69) is 5.32 Å². The number of carboxylic acids is 2. The summed E-state index contributed by atoms with van der Waals surface area (Å²) in [5.74, 6) is -5.39. The zero-order valence-corrected chi connectivity index (χ0v) is 17.3. The Kier molecular flexibility index (Phi) is 7.55. The van der Waals surface area contributed by atoms with E-state index in [0.717, 1.165) is 0 Å². The monoisotopic (exact) mass is 461 g/mol. The van der Waals surface area contributed by atoms with Crippen LogP contribution < -0.4 is 15.8 Å². The lowest BCUT2D eigenvalue weighted by Crippen LogP contribution is -2.51. The lowest BCUT2D eigenvalue weighted by molar-refractivity contribution is -0.143. The molecular formula is C21H20ClN3O7. The van der Waals surface area contributed by atoms with Crippen LogP contribution >= 0.6 is 12.4 Å². The van der Waals surface area contributed by atoms with E-state index in [1.165, 1.54) is 36.4 Å². The average molecular weight is 462 g/mol. The highest BCUT2D eigenvalue weighted by Crippen LogP contribution is 2.34. The molecule has 11 heteroatoms. The van der Waals surface area contributed by atoms with Crippen LogP contribution in [0.25, 0.3) is 0 Å². The number of carbonyl (C=O) groups is 4. The number of nitrogens with one attached hydrogen (secondary N) is 2. The van der Waals surface area contributed by atoms with Crippen LogP contribution in [0.2, 0.25) is 0 Å². The number of halogens is 1. The Morgan fingerprint density at radius 2 is 1.56 bits per heavy atom. The second-order valence-electron chi connectivity index (χ2n) is 6.95. The van der Waals surface area contributed by atoms with Crippen molar-refractivity contribution in [1.29, 1.82) is 5.41 Å². The standard InChI is InChI=1S/C21H19N3O7.ClH/c22-19(23)11-1-3-12(4-2-11)20(28)24-17(21(29)30)16-10-5-7-13(8-6-10)31-18(16)14(25)9-15(26)27;/h1-8,16-18H,9H2,(H3,22,23)(H,24,28)(H,26,27)(H,29,30);1H. The molecule has 10 nitrogen and oxygen atoms in total. The number of ketones is 1. The van der Waals surface area contributed by atoms with Crippen LogP contribution in [0.5, 0.6) is 5.75 Å². The lowest BCUT2D eigenvalue weighted by Gasteiger charge is -2.29. The van der Waals surface area contributed by atoms with E-state index in [9.17, 15) is 24.3 Å². The Morgan fingerprint density at radius 3 is 2.06 bits per heavy atom. The number of fused-ring (bicyclic) bond motifs is 4. The van der Waals surface area contributed by atoms with E-state index in [0.29, 0.717) is 11.1 Å². The SMILES string of the molecule is Cl.N=C(N)c1ccc(C(=O)NC(C(=O)O)C2c3ccc(cc3)OC2C(=O)CC(=O)O)cc1. The molecule has 2 bridgehead atoms. The van der Waals surface area contributed by atoms with Gasteiger partial charge < -0.3 is 26.0 Å². The summed E-state index contributed by atoms with van der Waals surface area (Å²) in [5.41, 5.74) is 6.30. The molecular weight excluding hydrogens is 442 g/mol. The molecule has 2 aromatic rings. The molecule has 0 saturated heterocycles. The number of amides is 1. The number of amidine groups is 1. The van der Waals surface area contributed by atoms with Gasteiger partial charge in [-0.3, -0.25) is 19.8 Å². The van der Waals surface area contributed by atoms with Crippen LogP contribution in [0.15, 0.2) is 48.5 Å². The van der Waals surface area contributed by atoms with Crippen LogP contribution in [-0.2, 0) is 14.4 Å². The van der Waals surface area contributed by atoms with Crippen LogP contribution in [0.3, 0.4) is 0 Å². The van der Waals surface area contributed by atoms with Gasteiger partial charge in [0.05, 0.1) is 5.92 Å². The second kappa shape index (κ2) is 9.92. The molecule has 168 valence electrons. The quantitative estimate of drug-likeness (QED) is 0.220. The van der Waals surface area contributed by atoms with Crippen molar-refractivity contribution < 1.29 is 34.1 Å². The Balaban J connectivity index is 0.00000363. The van der Waals surface area contributed by atoms with Gasteiger partial charge in [-0.25, -0.2) is 4.79 Å². The molecule has 0 fully saturated rings. The summed E-state index contributed by atoms with van der Waals surface area (Å²) in [5, 5.41) is 28.6. The van der Waals surface area contributed by atoms with Crippen molar-refractivity contribution in [3.05, 3.63) is 65.2 Å². The van der Waals surface area contributed by atoms with Crippen molar-refractivity contribution in [3.63, 3.8) is 0 Å². The topological polar surface area (TPSA) is 180 Å². The smallest absolute Gasteiger partial charge is 0.327 e. The van der Waals surface area contributed by atoms with Gasteiger partial charge in [-0.05, 0) is 29.8 Å². The van der Waals surface area contributed by atoms with Gasteiger partial charge in [-0.2, -0.15) is 0 Å². The molecule has 3 unspecified atom stereocenters. The van der Waals surface area contributed by atoms with Gasteiger partial charge in [0.1, 0.15) is 24.0 Å². The molecule has 2 aromatic carbocycles. The number of ether oxygens (including phenoxy) is 1. The molecule has 1 amide bonds. The number of carboxylic acid groups (broad SMARTS) is 2. The summed E-state index contributed by atoms with van der Waals surface area (Å²) < 4.78 is 5.60. The molecule has 2 heterocycles. The number of benzene rings is 2. The lowest BCUT2D eigenvalue weighted by atomic mass is 9.84. The Bertz CT molecular complexity index is 1050. The van der Waals surface area contributed by atoms with E-state index >= 15 is 0 Å². The summed E-state index contributed by atoms with van der Waals surface area (Å²) >= 11 is 0. The highest BCUT2D eigenvalue weighted by Gasteiger charge is 2.43. The molecule has 0 aromatic heterocycles. The van der Waals surface area contributed by atoms with Gasteiger partial charge in [-0.1, -0.05) is 24.3 Å². The van der Waals surface area contributed by atoms with Crippen molar-refractivity contribution in [2.24, 2.45) is 5.73 Å². The van der Waals surface area contributed by atoms with Crippen LogP contribution in [0.4, 0.5) is 0 Å². The molecule has 6 N–H and O–H groups in total. The number of Topliss-reactive ketones (excluding diaryl/α,β-unsaturated/α-hetero) is 1. The second-order valence-corrected chi connectivity index (χ2v) is 6.95. The van der Waals surface area contributed by atoms with Gasteiger partial charge in [0, 0.05) is 11.1 Å². The van der Waals surface area contributed by atoms with Crippen molar-refractivity contribution in [1.82, 2.24) is 5.32 Å². The van der Waals surface area contributed by atoms with Crippen LogP contribution in [0.1, 0.15) is 33.8 Å². The predicted octanol–water partition coefficient (Wildman–Crippen LogP) is 1.16. The van der Waals surface area contributed by atoms with Gasteiger partial charge in [-0.15, -0.1) is 12.4 Å². The van der Waals surface area contributed by atoms with Crippen molar-refractivity contribution >= 4 is 41.9 Å². The minimum Gasteiger partial charge on any atom is -0.482 e. The molecule has 3 atom stereocenters. The van der Waals surface area contributed by atoms with E-state index < -0.39 is 48.1 Å². The number of aliphatic carboxylic acids is 2. The first-order chi connectivity index (χ1) is 14.7. The minimum absolute atomic E-state index is 0. The maximum absolute atomic E-state index is 12.7. The summed E-state index contributed by atoms with van der Waals surface area (Å²) in [6.07, 6.45) is -2.26. The van der Waals surface area contributed by atoms with Crippen LogP contribution in [0, 0.1) is 5.41 Å². The third-order valence-corrected chi connectivity index (χ3v) is 4.87. The van der Waals surface area contributed by atoms with E-state index in [1.54, 1.807) is 12.1 Å². The zero-order valence-electron chi connectivity index (χ0n) is 16.5. The zero-order chi connectivity index (χ0) is 22.7. The third kappa shape index (κ3) is 5.22. The molecule has 2 aliphatic heterocycles. The number of hydrogen-bond donors (Lipinski definition) is 5. The molecule has 32 heavy (non-hydrogen) atoms. The summed E-state index contributed by atoms with van der Waals surface area (Å²) in [4.78, 5) is 48.4. The highest BCUT2D eigenvalue weighted by molar-refractivity contribution is 6.01. The normalized spacial score (nSPS) is 17.1. The fourth-order valence-electron chi connectivity index (χ4n) is 3.38. The van der Waals surface area contributed by atoms with E-state index in [4.69, 9.17) is 21.0 Å². The van der Waals surface area contributed by atoms with Crippen molar-refractivity contribution in [2.45, 2.75) is 24.5 Å². The fraction of sp³-hybridized carbons (Fsp3) is 0.190. The molecule has 0 radical (unpaired) electrons. The van der Waals surface area contributed by atoms with Crippen molar-refractivity contribution in [3.8, 4) is 5.75 Å². The number of rotatable bonds is 8. The van der Waals surface area contributed by atoms with Gasteiger partial charge >= 0.3 is 11.9 Å². The summed E-state index contributed by atoms with van der Waals surface area (Å²) in [7, 11) is 0. The Hall–Kier alpha value is -3.92. The van der Waals surface area contributed by atoms with Crippen LogP contribution in [-0.4, -0.2) is 51.8 Å². The predicted molar refractivity (Wildman–Crippen MR) is 114 cm³/mol. The van der Waals surface area contributed by atoms with Gasteiger partial charge in [0.2, 0.25) is 0 Å². The Labute approximate surface area is 188 Å². The number of carbonyl (C=O) groups excluding carboxylic acids is 2. The van der Waals surface area contributed by atoms with Crippen molar-refractivity contribution in [2.75, 3.05) is 0 Å². The fourth-order valence-corrected chi connectivity index (χ4v) is 3.38. The molecule has 0 spiro atoms. The summed E-state index contributed by atoms with van der Waals surface area (Å²) in [6.45, 7) is 0. The first-order valence-corrected chi connectivity index (χ1v) is 9.16. The maximum Gasteiger partial charge on any atom is 0.327 e. The molecule has 0 saturated carbocycles. The largest absolute Gasteiger partial charge is 0.482 e. The minimum atomic E-state index is -1.58. The van der Waals surface area contributed by atoms with Gasteiger partial charge in [0.15, 0.2) is 11.9 Å². The molecule has 4 rings (SSSR count). The highest BCUT2D eigenvalue weighted by atomic mass is 35.5. The first kappa shape index (κ1) is 24.4. The number of nitrogens with two attached hydrogens (primary N) is 1. The maximum atomic E-state index is 12.7. The van der Waals surface area contributed by atoms with E-state index in [1.807, 2.05) is 0 Å². The van der Waals surface area contributed by atoms with E-state index in [-0.39, 0.29) is 29.6 Å². The molecule has 0 aliphatic carbocycles. The third-order valence-electron chi connectivity index (χ3n) is 4.87. The number of nitrogen functional groups attached to an aromatic ring is 1. The average Bonchev–Trinajstić information content (AvgIpc) is 3.01. The summed E-state index contributed by atoms with van der Waals surface area (Å²) in [6, 6.07) is 10.3. The number of hydrogen-bond acceptors (Lipinski definition) is 6. The van der Waals surface area contributed by atoms with Gasteiger partial charge in [0.25, 0.3) is 5.91 Å². The first-order valence-electron chi connectivity index (χ1n) is 9.16. The Morgan fingerprint density at radius 1 is 1.00 bits per heavy atom. The molecule has 2 aliphatic rings.